The van der Waals surface area contributed by atoms with Crippen molar-refractivity contribution in [3.63, 3.8) is 0 Å². The van der Waals surface area contributed by atoms with Crippen LogP contribution in [0.15, 0.2) is 16.9 Å². The van der Waals surface area contributed by atoms with Crippen LogP contribution in [0.5, 0.6) is 0 Å². The summed E-state index contributed by atoms with van der Waals surface area (Å²) in [4.78, 5) is 19.8. The van der Waals surface area contributed by atoms with Gasteiger partial charge in [0.25, 0.3) is 0 Å². The quantitative estimate of drug-likeness (QED) is 0.856. The number of carbonyl (C=O) groups excluding carboxylic acids is 1. The highest BCUT2D eigenvalue weighted by molar-refractivity contribution is 9.10. The summed E-state index contributed by atoms with van der Waals surface area (Å²) in [5.74, 6) is 0.795. The Kier molecular flexibility index (Phi) is 3.38. The van der Waals surface area contributed by atoms with Gasteiger partial charge in [0.05, 0.1) is 4.47 Å². The van der Waals surface area contributed by atoms with Crippen molar-refractivity contribution in [2.75, 3.05) is 11.9 Å². The molecule has 0 aromatic carbocycles. The minimum atomic E-state index is -0.241. The van der Waals surface area contributed by atoms with E-state index in [9.17, 15) is 4.79 Å². The standard InChI is InChI=1S/C10H13BrN4O/c1-6-2-3-12-9(16)8(6)15-10-13-4-7(11)5-14-10/h4-6,8H,2-3H2,1H3,(H,12,16)(H,13,14,15)/t6-,8+/m0/s1. The van der Waals surface area contributed by atoms with E-state index in [4.69, 9.17) is 0 Å². The number of hydrogen-bond donors (Lipinski definition) is 2. The van der Waals surface area contributed by atoms with Crippen LogP contribution in [0.1, 0.15) is 13.3 Å². The SMILES string of the molecule is C[C@H]1CCNC(=O)[C@@H]1Nc1ncc(Br)cn1. The van der Waals surface area contributed by atoms with Gasteiger partial charge in [0, 0.05) is 18.9 Å². The summed E-state index contributed by atoms with van der Waals surface area (Å²) >= 11 is 3.26. The number of piperidine rings is 1. The maximum absolute atomic E-state index is 11.6. The van der Waals surface area contributed by atoms with Crippen LogP contribution in [0.4, 0.5) is 5.95 Å². The third kappa shape index (κ3) is 2.49. The van der Waals surface area contributed by atoms with Crippen LogP contribution in [0.3, 0.4) is 0 Å². The molecule has 1 aromatic heterocycles. The lowest BCUT2D eigenvalue weighted by Crippen LogP contribution is -2.49. The molecule has 2 atom stereocenters. The molecule has 0 bridgehead atoms. The molecule has 86 valence electrons. The van der Waals surface area contributed by atoms with Crippen molar-refractivity contribution in [1.82, 2.24) is 15.3 Å². The molecule has 5 nitrogen and oxygen atoms in total. The number of anilines is 1. The summed E-state index contributed by atoms with van der Waals surface area (Å²) in [5.41, 5.74) is 0. The number of hydrogen-bond acceptors (Lipinski definition) is 4. The molecule has 1 amide bonds. The second-order valence-electron chi connectivity index (χ2n) is 3.90. The molecule has 6 heteroatoms. The van der Waals surface area contributed by atoms with Crippen LogP contribution in [-0.2, 0) is 4.79 Å². The predicted molar refractivity (Wildman–Crippen MR) is 63.9 cm³/mol. The lowest BCUT2D eigenvalue weighted by molar-refractivity contribution is -0.124. The zero-order valence-electron chi connectivity index (χ0n) is 8.90. The Hall–Kier alpha value is -1.17. The third-order valence-corrected chi connectivity index (χ3v) is 3.06. The fraction of sp³-hybridized carbons (Fsp3) is 0.500. The van der Waals surface area contributed by atoms with E-state index in [1.165, 1.54) is 0 Å². The number of aromatic nitrogens is 2. The van der Waals surface area contributed by atoms with E-state index in [1.54, 1.807) is 12.4 Å². The van der Waals surface area contributed by atoms with Crippen LogP contribution in [-0.4, -0.2) is 28.5 Å². The molecule has 2 heterocycles. The molecule has 1 aliphatic rings. The molecule has 1 saturated heterocycles. The molecule has 0 radical (unpaired) electrons. The average Bonchev–Trinajstić information content (AvgIpc) is 2.26. The van der Waals surface area contributed by atoms with Crippen LogP contribution < -0.4 is 10.6 Å². The smallest absolute Gasteiger partial charge is 0.242 e. The maximum atomic E-state index is 11.6. The Morgan fingerprint density at radius 2 is 2.19 bits per heavy atom. The van der Waals surface area contributed by atoms with Crippen molar-refractivity contribution >= 4 is 27.8 Å². The van der Waals surface area contributed by atoms with Crippen LogP contribution in [0, 0.1) is 5.92 Å². The lowest BCUT2D eigenvalue weighted by Gasteiger charge is -2.28. The van der Waals surface area contributed by atoms with Crippen molar-refractivity contribution in [2.24, 2.45) is 5.92 Å². The summed E-state index contributed by atoms with van der Waals surface area (Å²) in [6.07, 6.45) is 4.28. The first-order chi connectivity index (χ1) is 7.66. The summed E-state index contributed by atoms with van der Waals surface area (Å²) in [5, 5.41) is 5.88. The minimum Gasteiger partial charge on any atom is -0.354 e. The lowest BCUT2D eigenvalue weighted by atomic mass is 9.94. The van der Waals surface area contributed by atoms with Gasteiger partial charge in [-0.2, -0.15) is 0 Å². The van der Waals surface area contributed by atoms with E-state index in [1.807, 2.05) is 0 Å². The van der Waals surface area contributed by atoms with Crippen LogP contribution >= 0.6 is 15.9 Å². The number of rotatable bonds is 2. The molecule has 1 aliphatic heterocycles. The van der Waals surface area contributed by atoms with E-state index >= 15 is 0 Å². The van der Waals surface area contributed by atoms with Crippen LogP contribution in [0.2, 0.25) is 0 Å². The largest absolute Gasteiger partial charge is 0.354 e. The molecular weight excluding hydrogens is 272 g/mol. The Labute approximate surface area is 102 Å². The van der Waals surface area contributed by atoms with Crippen molar-refractivity contribution in [3.05, 3.63) is 16.9 Å². The monoisotopic (exact) mass is 284 g/mol. The first-order valence-electron chi connectivity index (χ1n) is 5.18. The highest BCUT2D eigenvalue weighted by atomic mass is 79.9. The van der Waals surface area contributed by atoms with Gasteiger partial charge in [0.2, 0.25) is 11.9 Å². The zero-order chi connectivity index (χ0) is 11.5. The molecule has 2 rings (SSSR count). The van der Waals surface area contributed by atoms with Gasteiger partial charge in [-0.05, 0) is 28.3 Å². The van der Waals surface area contributed by atoms with Crippen molar-refractivity contribution in [1.29, 1.82) is 0 Å². The molecule has 1 aromatic rings. The van der Waals surface area contributed by atoms with E-state index in [0.29, 0.717) is 11.9 Å². The normalized spacial score (nSPS) is 25.0. The van der Waals surface area contributed by atoms with Crippen molar-refractivity contribution < 1.29 is 4.79 Å². The van der Waals surface area contributed by atoms with Crippen LogP contribution in [0.25, 0.3) is 0 Å². The third-order valence-electron chi connectivity index (χ3n) is 2.66. The molecule has 2 N–H and O–H groups in total. The van der Waals surface area contributed by atoms with Crippen molar-refractivity contribution in [3.8, 4) is 0 Å². The minimum absolute atomic E-state index is 0.0188. The number of nitrogens with one attached hydrogen (secondary N) is 2. The molecule has 0 unspecified atom stereocenters. The Bertz CT molecular complexity index is 381. The Balaban J connectivity index is 2.07. The van der Waals surface area contributed by atoms with Gasteiger partial charge in [-0.15, -0.1) is 0 Å². The van der Waals surface area contributed by atoms with Gasteiger partial charge < -0.3 is 10.6 Å². The number of nitrogens with zero attached hydrogens (tertiary/aromatic N) is 2. The van der Waals surface area contributed by atoms with E-state index in [-0.39, 0.29) is 11.9 Å². The van der Waals surface area contributed by atoms with Gasteiger partial charge >= 0.3 is 0 Å². The van der Waals surface area contributed by atoms with E-state index in [2.05, 4.69) is 43.5 Å². The molecule has 0 saturated carbocycles. The molecule has 16 heavy (non-hydrogen) atoms. The Morgan fingerprint density at radius 1 is 1.50 bits per heavy atom. The van der Waals surface area contributed by atoms with E-state index in [0.717, 1.165) is 17.4 Å². The number of halogens is 1. The number of amides is 1. The second kappa shape index (κ2) is 4.78. The first-order valence-corrected chi connectivity index (χ1v) is 5.98. The van der Waals surface area contributed by atoms with Gasteiger partial charge in [-0.25, -0.2) is 9.97 Å². The number of carbonyl (C=O) groups is 1. The van der Waals surface area contributed by atoms with Crippen molar-refractivity contribution in [2.45, 2.75) is 19.4 Å². The summed E-state index contributed by atoms with van der Waals surface area (Å²) in [7, 11) is 0. The van der Waals surface area contributed by atoms with Gasteiger partial charge in [0.15, 0.2) is 0 Å². The molecular formula is C10H13BrN4O. The fourth-order valence-electron chi connectivity index (χ4n) is 1.69. The predicted octanol–water partition coefficient (Wildman–Crippen LogP) is 1.18. The second-order valence-corrected chi connectivity index (χ2v) is 4.82. The highest BCUT2D eigenvalue weighted by Crippen LogP contribution is 2.16. The first kappa shape index (κ1) is 11.3. The maximum Gasteiger partial charge on any atom is 0.242 e. The summed E-state index contributed by atoms with van der Waals surface area (Å²) in [6, 6.07) is -0.241. The highest BCUT2D eigenvalue weighted by Gasteiger charge is 2.29. The molecule has 0 spiro atoms. The Morgan fingerprint density at radius 3 is 2.81 bits per heavy atom. The van der Waals surface area contributed by atoms with Gasteiger partial charge in [-0.1, -0.05) is 6.92 Å². The topological polar surface area (TPSA) is 66.9 Å². The fourth-order valence-corrected chi connectivity index (χ4v) is 1.90. The molecule has 1 fully saturated rings. The molecule has 0 aliphatic carbocycles. The summed E-state index contributed by atoms with van der Waals surface area (Å²) in [6.45, 7) is 2.80. The van der Waals surface area contributed by atoms with E-state index < -0.39 is 0 Å². The van der Waals surface area contributed by atoms with Gasteiger partial charge in [0.1, 0.15) is 6.04 Å². The average molecular weight is 285 g/mol. The summed E-state index contributed by atoms with van der Waals surface area (Å²) < 4.78 is 0.819. The zero-order valence-corrected chi connectivity index (χ0v) is 10.5. The van der Waals surface area contributed by atoms with Gasteiger partial charge in [-0.3, -0.25) is 4.79 Å².